The predicted molar refractivity (Wildman–Crippen MR) is 103 cm³/mol. The minimum atomic E-state index is 0.167. The van der Waals surface area contributed by atoms with Crippen molar-refractivity contribution < 1.29 is 0 Å². The molecule has 0 N–H and O–H groups in total. The van der Waals surface area contributed by atoms with Crippen molar-refractivity contribution >= 4 is 27.5 Å². The molecule has 0 atom stereocenters. The number of aryl methyl sites for hydroxylation is 1. The third-order valence-electron chi connectivity index (χ3n) is 4.64. The van der Waals surface area contributed by atoms with Crippen molar-refractivity contribution in [3.63, 3.8) is 0 Å². The average molecular weight is 305 g/mol. The van der Waals surface area contributed by atoms with Crippen LogP contribution in [-0.2, 0) is 5.41 Å². The Bertz CT molecular complexity index is 901. The number of allylic oxidation sites excluding steroid dienone is 2. The second-order valence-electron chi connectivity index (χ2n) is 7.59. The molecule has 0 saturated heterocycles. The highest BCUT2D eigenvalue weighted by Gasteiger charge is 2.17. The molecule has 2 aromatic carbocycles. The van der Waals surface area contributed by atoms with Crippen LogP contribution in [0.1, 0.15) is 52.2 Å². The molecule has 0 fully saturated rings. The van der Waals surface area contributed by atoms with Gasteiger partial charge in [-0.25, -0.2) is 0 Å². The highest BCUT2D eigenvalue weighted by Crippen LogP contribution is 2.35. The zero-order valence-corrected chi connectivity index (χ0v) is 15.2. The quantitative estimate of drug-likeness (QED) is 0.498. The molecule has 0 saturated carbocycles. The van der Waals surface area contributed by atoms with Gasteiger partial charge in [-0.1, -0.05) is 51.5 Å². The Morgan fingerprint density at radius 3 is 2.22 bits per heavy atom. The second-order valence-corrected chi connectivity index (χ2v) is 7.59. The zero-order valence-electron chi connectivity index (χ0n) is 15.2. The molecule has 23 heavy (non-hydrogen) atoms. The van der Waals surface area contributed by atoms with Crippen molar-refractivity contribution in [1.82, 2.24) is 4.57 Å². The molecule has 120 valence electrons. The van der Waals surface area contributed by atoms with E-state index in [1.54, 1.807) is 0 Å². The maximum absolute atomic E-state index is 2.40. The summed E-state index contributed by atoms with van der Waals surface area (Å²) in [5.74, 6) is 0. The van der Waals surface area contributed by atoms with Gasteiger partial charge in [-0.15, -0.1) is 0 Å². The monoisotopic (exact) mass is 305 g/mol. The Morgan fingerprint density at radius 1 is 1.00 bits per heavy atom. The normalized spacial score (nSPS) is 13.2. The van der Waals surface area contributed by atoms with Crippen LogP contribution in [0, 0.1) is 6.92 Å². The van der Waals surface area contributed by atoms with Gasteiger partial charge in [0.25, 0.3) is 0 Å². The fraction of sp³-hybridized carbons (Fsp3) is 0.364. The molecule has 3 aromatic rings. The molecule has 1 heteroatoms. The van der Waals surface area contributed by atoms with Gasteiger partial charge in [-0.05, 0) is 55.5 Å². The highest BCUT2D eigenvalue weighted by molar-refractivity contribution is 6.10. The van der Waals surface area contributed by atoms with Gasteiger partial charge in [-0.3, -0.25) is 0 Å². The first-order chi connectivity index (χ1) is 10.8. The van der Waals surface area contributed by atoms with Crippen molar-refractivity contribution in [3.8, 4) is 0 Å². The van der Waals surface area contributed by atoms with E-state index in [-0.39, 0.29) is 5.41 Å². The van der Waals surface area contributed by atoms with E-state index in [0.717, 1.165) is 6.42 Å². The van der Waals surface area contributed by atoms with Gasteiger partial charge in [0.05, 0.1) is 11.0 Å². The molecular formula is C22H27N. The number of aromatic nitrogens is 1. The Labute approximate surface area is 139 Å². The minimum Gasteiger partial charge on any atom is -0.314 e. The Kier molecular flexibility index (Phi) is 3.83. The summed E-state index contributed by atoms with van der Waals surface area (Å²) >= 11 is 0. The second kappa shape index (κ2) is 5.56. The van der Waals surface area contributed by atoms with Gasteiger partial charge >= 0.3 is 0 Å². The largest absolute Gasteiger partial charge is 0.314 e. The summed E-state index contributed by atoms with van der Waals surface area (Å²) in [5, 5.41) is 2.72. The molecule has 0 aliphatic heterocycles. The number of benzene rings is 2. The lowest BCUT2D eigenvalue weighted by atomic mass is 9.86. The van der Waals surface area contributed by atoms with Gasteiger partial charge in [0.15, 0.2) is 0 Å². The summed E-state index contributed by atoms with van der Waals surface area (Å²) in [5.41, 5.74) is 6.79. The molecule has 0 unspecified atom stereocenters. The van der Waals surface area contributed by atoms with Crippen molar-refractivity contribution in [2.24, 2.45) is 0 Å². The molecule has 0 amide bonds. The van der Waals surface area contributed by atoms with E-state index in [9.17, 15) is 0 Å². The molecule has 1 nitrogen and oxygen atoms in total. The molecule has 0 spiro atoms. The highest BCUT2D eigenvalue weighted by atomic mass is 15.0. The van der Waals surface area contributed by atoms with Crippen LogP contribution < -0.4 is 0 Å². The van der Waals surface area contributed by atoms with E-state index in [2.05, 4.69) is 88.6 Å². The van der Waals surface area contributed by atoms with E-state index in [0.29, 0.717) is 0 Å². The van der Waals surface area contributed by atoms with Gasteiger partial charge in [-0.2, -0.15) is 0 Å². The summed E-state index contributed by atoms with van der Waals surface area (Å²) in [6.45, 7) is 13.4. The van der Waals surface area contributed by atoms with Crippen molar-refractivity contribution in [2.45, 2.75) is 53.4 Å². The van der Waals surface area contributed by atoms with Crippen LogP contribution in [-0.4, -0.2) is 4.57 Å². The molecule has 0 aliphatic carbocycles. The molecule has 0 aliphatic rings. The lowest BCUT2D eigenvalue weighted by Crippen LogP contribution is -2.10. The molecule has 1 heterocycles. The maximum Gasteiger partial charge on any atom is 0.0537 e. The molecule has 0 bridgehead atoms. The summed E-state index contributed by atoms with van der Waals surface area (Å²) in [6.07, 6.45) is 3.36. The van der Waals surface area contributed by atoms with Crippen molar-refractivity contribution in [3.05, 3.63) is 53.6 Å². The lowest BCUT2D eigenvalue weighted by molar-refractivity contribution is 0.591. The first kappa shape index (κ1) is 15.9. The van der Waals surface area contributed by atoms with Gasteiger partial charge in [0.1, 0.15) is 0 Å². The van der Waals surface area contributed by atoms with Crippen LogP contribution in [0.2, 0.25) is 0 Å². The predicted octanol–water partition coefficient (Wildman–Crippen LogP) is 6.67. The number of hydrogen-bond acceptors (Lipinski definition) is 0. The van der Waals surface area contributed by atoms with Crippen LogP contribution in [0.3, 0.4) is 0 Å². The lowest BCUT2D eigenvalue weighted by Gasteiger charge is -2.19. The summed E-state index contributed by atoms with van der Waals surface area (Å²) in [4.78, 5) is 0. The first-order valence-electron chi connectivity index (χ1n) is 8.55. The Hall–Kier alpha value is -2.02. The minimum absolute atomic E-state index is 0.167. The Balaban J connectivity index is 2.44. The van der Waals surface area contributed by atoms with Gasteiger partial charge in [0, 0.05) is 16.5 Å². The van der Waals surface area contributed by atoms with E-state index < -0.39 is 0 Å². The average Bonchev–Trinajstić information content (AvgIpc) is 2.79. The van der Waals surface area contributed by atoms with Crippen LogP contribution in [0.4, 0.5) is 0 Å². The van der Waals surface area contributed by atoms with E-state index in [1.165, 1.54) is 38.6 Å². The molecule has 3 rings (SSSR count). The molecule has 0 radical (unpaired) electrons. The van der Waals surface area contributed by atoms with E-state index in [1.807, 2.05) is 0 Å². The van der Waals surface area contributed by atoms with E-state index in [4.69, 9.17) is 0 Å². The summed E-state index contributed by atoms with van der Waals surface area (Å²) < 4.78 is 2.40. The fourth-order valence-electron chi connectivity index (χ4n) is 3.37. The van der Waals surface area contributed by atoms with Crippen molar-refractivity contribution in [2.75, 3.05) is 0 Å². The van der Waals surface area contributed by atoms with Gasteiger partial charge < -0.3 is 4.57 Å². The maximum atomic E-state index is 2.40. The summed E-state index contributed by atoms with van der Waals surface area (Å²) in [7, 11) is 0. The zero-order chi connectivity index (χ0) is 16.8. The number of hydrogen-bond donors (Lipinski definition) is 0. The smallest absolute Gasteiger partial charge is 0.0537 e. The third-order valence-corrected chi connectivity index (χ3v) is 4.64. The van der Waals surface area contributed by atoms with E-state index >= 15 is 0 Å². The Morgan fingerprint density at radius 2 is 1.61 bits per heavy atom. The standard InChI is InChI=1S/C22H27N/c1-7-8-16(3)23-20-11-9-15(2)13-18(20)19-14-17(22(4,5)6)10-12-21(19)23/h8-14H,7H2,1-6H3/b16-8+. The fourth-order valence-corrected chi connectivity index (χ4v) is 3.37. The van der Waals surface area contributed by atoms with Crippen LogP contribution in [0.15, 0.2) is 42.5 Å². The number of rotatable bonds is 2. The number of nitrogens with zero attached hydrogens (tertiary/aromatic N) is 1. The molecular weight excluding hydrogens is 278 g/mol. The third kappa shape index (κ3) is 2.69. The molecule has 1 aromatic heterocycles. The van der Waals surface area contributed by atoms with Crippen LogP contribution >= 0.6 is 0 Å². The summed E-state index contributed by atoms with van der Waals surface area (Å²) in [6, 6.07) is 13.7. The topological polar surface area (TPSA) is 4.93 Å². The first-order valence-corrected chi connectivity index (χ1v) is 8.55. The van der Waals surface area contributed by atoms with Gasteiger partial charge in [0.2, 0.25) is 0 Å². The van der Waals surface area contributed by atoms with Crippen LogP contribution in [0.25, 0.3) is 27.5 Å². The van der Waals surface area contributed by atoms with Crippen molar-refractivity contribution in [1.29, 1.82) is 0 Å². The van der Waals surface area contributed by atoms with Crippen LogP contribution in [0.5, 0.6) is 0 Å². The number of fused-ring (bicyclic) bond motifs is 3. The SMILES string of the molecule is CC/C=C(\C)n1c2ccc(C)cc2c2cc(C(C)(C)C)ccc21.